The first-order chi connectivity index (χ1) is 8.70. The lowest BCUT2D eigenvalue weighted by Crippen LogP contribution is -2.28. The van der Waals surface area contributed by atoms with Gasteiger partial charge in [0, 0.05) is 19.1 Å². The lowest BCUT2D eigenvalue weighted by Gasteiger charge is -2.15. The molecule has 5 nitrogen and oxygen atoms in total. The molecule has 1 amide bonds. The molecule has 1 atom stereocenters. The molecule has 1 aromatic heterocycles. The summed E-state index contributed by atoms with van der Waals surface area (Å²) >= 11 is 0. The first-order valence-corrected chi connectivity index (χ1v) is 6.58. The van der Waals surface area contributed by atoms with Gasteiger partial charge in [-0.2, -0.15) is 0 Å². The zero-order valence-electron chi connectivity index (χ0n) is 11.0. The Morgan fingerprint density at radius 3 is 2.67 bits per heavy atom. The van der Waals surface area contributed by atoms with E-state index in [2.05, 4.69) is 29.1 Å². The van der Waals surface area contributed by atoms with Crippen LogP contribution in [0.4, 0.5) is 5.82 Å². The molecule has 0 radical (unpaired) electrons. The third-order valence-electron chi connectivity index (χ3n) is 3.27. The Hall–Kier alpha value is -1.65. The molecule has 1 aliphatic heterocycles. The quantitative estimate of drug-likeness (QED) is 0.884. The highest BCUT2D eigenvalue weighted by Gasteiger charge is 2.20. The Morgan fingerprint density at radius 1 is 1.39 bits per heavy atom. The average molecular weight is 248 g/mol. The number of nitrogens with zero attached hydrogens (tertiary/aromatic N) is 3. The second-order valence-electron chi connectivity index (χ2n) is 4.74. The van der Waals surface area contributed by atoms with Crippen LogP contribution < -0.4 is 5.32 Å². The van der Waals surface area contributed by atoms with E-state index in [9.17, 15) is 4.79 Å². The second-order valence-corrected chi connectivity index (χ2v) is 4.74. The number of nitrogens with one attached hydrogen (secondary N) is 1. The number of likely N-dealkylation sites (tertiary alicyclic amines) is 1. The van der Waals surface area contributed by atoms with Crippen molar-refractivity contribution in [2.24, 2.45) is 0 Å². The molecular weight excluding hydrogens is 228 g/mol. The van der Waals surface area contributed by atoms with Crippen LogP contribution in [-0.2, 0) is 0 Å². The number of rotatable bonds is 4. The van der Waals surface area contributed by atoms with Gasteiger partial charge in [0.2, 0.25) is 0 Å². The number of anilines is 1. The van der Waals surface area contributed by atoms with Crippen molar-refractivity contribution in [2.45, 2.75) is 39.2 Å². The molecule has 1 unspecified atom stereocenters. The first-order valence-electron chi connectivity index (χ1n) is 6.58. The minimum absolute atomic E-state index is 0.00455. The van der Waals surface area contributed by atoms with Crippen molar-refractivity contribution in [2.75, 3.05) is 18.4 Å². The SMILES string of the molecule is CCC(C)Nc1cnc(C(=O)N2CCCC2)cn1. The summed E-state index contributed by atoms with van der Waals surface area (Å²) in [5.41, 5.74) is 0.437. The summed E-state index contributed by atoms with van der Waals surface area (Å²) in [5.74, 6) is 0.720. The minimum Gasteiger partial charge on any atom is -0.366 e. The van der Waals surface area contributed by atoms with Crippen LogP contribution in [0.15, 0.2) is 12.4 Å². The maximum Gasteiger partial charge on any atom is 0.274 e. The predicted octanol–water partition coefficient (Wildman–Crippen LogP) is 1.92. The molecule has 98 valence electrons. The maximum absolute atomic E-state index is 12.0. The van der Waals surface area contributed by atoms with E-state index in [0.29, 0.717) is 11.7 Å². The van der Waals surface area contributed by atoms with Gasteiger partial charge < -0.3 is 10.2 Å². The zero-order valence-corrected chi connectivity index (χ0v) is 11.0. The van der Waals surface area contributed by atoms with Crippen LogP contribution in [0.1, 0.15) is 43.6 Å². The zero-order chi connectivity index (χ0) is 13.0. The summed E-state index contributed by atoms with van der Waals surface area (Å²) < 4.78 is 0. The van der Waals surface area contributed by atoms with Gasteiger partial charge in [-0.3, -0.25) is 4.79 Å². The molecule has 1 aromatic rings. The smallest absolute Gasteiger partial charge is 0.274 e. The maximum atomic E-state index is 12.0. The highest BCUT2D eigenvalue weighted by atomic mass is 16.2. The topological polar surface area (TPSA) is 58.1 Å². The molecule has 1 fully saturated rings. The van der Waals surface area contributed by atoms with Gasteiger partial charge in [-0.1, -0.05) is 6.92 Å². The Bertz CT molecular complexity index is 398. The number of hydrogen-bond donors (Lipinski definition) is 1. The van der Waals surface area contributed by atoms with Gasteiger partial charge in [-0.05, 0) is 26.2 Å². The summed E-state index contributed by atoms with van der Waals surface area (Å²) in [6.45, 7) is 5.88. The van der Waals surface area contributed by atoms with Crippen molar-refractivity contribution in [1.29, 1.82) is 0 Å². The number of hydrogen-bond acceptors (Lipinski definition) is 4. The summed E-state index contributed by atoms with van der Waals surface area (Å²) in [6.07, 6.45) is 6.40. The van der Waals surface area contributed by atoms with E-state index in [1.165, 1.54) is 0 Å². The van der Waals surface area contributed by atoms with Gasteiger partial charge in [0.1, 0.15) is 11.5 Å². The largest absolute Gasteiger partial charge is 0.366 e. The normalized spacial score (nSPS) is 16.7. The first kappa shape index (κ1) is 12.8. The van der Waals surface area contributed by atoms with Crippen molar-refractivity contribution >= 4 is 11.7 Å². The van der Waals surface area contributed by atoms with Gasteiger partial charge in [0.05, 0.1) is 12.4 Å². The number of aromatic nitrogens is 2. The number of amides is 1. The predicted molar refractivity (Wildman–Crippen MR) is 70.5 cm³/mol. The molecule has 1 N–H and O–H groups in total. The van der Waals surface area contributed by atoms with Crippen LogP contribution in [0.5, 0.6) is 0 Å². The summed E-state index contributed by atoms with van der Waals surface area (Å²) in [7, 11) is 0. The molecule has 0 saturated carbocycles. The molecule has 2 rings (SSSR count). The lowest BCUT2D eigenvalue weighted by molar-refractivity contribution is 0.0786. The number of carbonyl (C=O) groups excluding carboxylic acids is 1. The van der Waals surface area contributed by atoms with Crippen molar-refractivity contribution in [3.8, 4) is 0 Å². The number of carbonyl (C=O) groups is 1. The fourth-order valence-electron chi connectivity index (χ4n) is 1.95. The highest BCUT2D eigenvalue weighted by Crippen LogP contribution is 2.12. The third kappa shape index (κ3) is 2.97. The van der Waals surface area contributed by atoms with Crippen LogP contribution in [-0.4, -0.2) is 39.9 Å². The van der Waals surface area contributed by atoms with Gasteiger partial charge in [0.15, 0.2) is 0 Å². The van der Waals surface area contributed by atoms with E-state index in [0.717, 1.165) is 38.2 Å². The van der Waals surface area contributed by atoms with Crippen LogP contribution >= 0.6 is 0 Å². The van der Waals surface area contributed by atoms with E-state index in [1.807, 2.05) is 4.90 Å². The van der Waals surface area contributed by atoms with Gasteiger partial charge in [-0.15, -0.1) is 0 Å². The van der Waals surface area contributed by atoms with Gasteiger partial charge in [0.25, 0.3) is 5.91 Å². The second kappa shape index (κ2) is 5.80. The molecule has 18 heavy (non-hydrogen) atoms. The van der Waals surface area contributed by atoms with Crippen molar-refractivity contribution in [1.82, 2.24) is 14.9 Å². The summed E-state index contributed by atoms with van der Waals surface area (Å²) in [5, 5.41) is 3.23. The van der Waals surface area contributed by atoms with E-state index >= 15 is 0 Å². The fourth-order valence-corrected chi connectivity index (χ4v) is 1.95. The van der Waals surface area contributed by atoms with E-state index in [4.69, 9.17) is 0 Å². The molecular formula is C13H20N4O. The molecule has 0 spiro atoms. The third-order valence-corrected chi connectivity index (χ3v) is 3.27. The summed E-state index contributed by atoms with van der Waals surface area (Å²) in [4.78, 5) is 22.3. The Balaban J connectivity index is 2.00. The molecule has 1 aliphatic rings. The molecule has 0 aliphatic carbocycles. The van der Waals surface area contributed by atoms with E-state index < -0.39 is 0 Å². The Labute approximate surface area is 108 Å². The van der Waals surface area contributed by atoms with Gasteiger partial charge in [-0.25, -0.2) is 9.97 Å². The molecule has 1 saturated heterocycles. The average Bonchev–Trinajstić information content (AvgIpc) is 2.92. The fraction of sp³-hybridized carbons (Fsp3) is 0.615. The van der Waals surface area contributed by atoms with Crippen LogP contribution in [0.2, 0.25) is 0 Å². The monoisotopic (exact) mass is 248 g/mol. The van der Waals surface area contributed by atoms with Gasteiger partial charge >= 0.3 is 0 Å². The summed E-state index contributed by atoms with van der Waals surface area (Å²) in [6, 6.07) is 0.361. The minimum atomic E-state index is -0.00455. The van der Waals surface area contributed by atoms with Crippen molar-refractivity contribution < 1.29 is 4.79 Å². The highest BCUT2D eigenvalue weighted by molar-refractivity contribution is 5.92. The van der Waals surface area contributed by atoms with Crippen molar-refractivity contribution in [3.05, 3.63) is 18.1 Å². The van der Waals surface area contributed by atoms with E-state index in [-0.39, 0.29) is 5.91 Å². The molecule has 5 heteroatoms. The molecule has 0 bridgehead atoms. The Kier molecular flexibility index (Phi) is 4.12. The standard InChI is InChI=1S/C13H20N4O/c1-3-10(2)16-12-9-14-11(8-15-12)13(18)17-6-4-5-7-17/h8-10H,3-7H2,1-2H3,(H,15,16). The molecule has 2 heterocycles. The van der Waals surface area contributed by atoms with E-state index in [1.54, 1.807) is 12.4 Å². The van der Waals surface area contributed by atoms with Crippen LogP contribution in [0, 0.1) is 0 Å². The Morgan fingerprint density at radius 2 is 2.11 bits per heavy atom. The van der Waals surface area contributed by atoms with Crippen molar-refractivity contribution in [3.63, 3.8) is 0 Å². The van der Waals surface area contributed by atoms with Crippen LogP contribution in [0.25, 0.3) is 0 Å². The molecule has 0 aromatic carbocycles. The van der Waals surface area contributed by atoms with Crippen LogP contribution in [0.3, 0.4) is 0 Å². The lowest BCUT2D eigenvalue weighted by atomic mass is 10.3.